The lowest BCUT2D eigenvalue weighted by molar-refractivity contribution is -0.116. The third kappa shape index (κ3) is 3.43. The lowest BCUT2D eigenvalue weighted by Crippen LogP contribution is -2.12. The molecule has 0 aliphatic carbocycles. The number of hydrogen-bond donors (Lipinski definition) is 0. The van der Waals surface area contributed by atoms with Gasteiger partial charge in [0.15, 0.2) is 0 Å². The Bertz CT molecular complexity index is 945. The van der Waals surface area contributed by atoms with E-state index in [4.69, 9.17) is 4.98 Å². The monoisotopic (exact) mass is 335 g/mol. The number of pyridine rings is 1. The van der Waals surface area contributed by atoms with Crippen LogP contribution in [-0.4, -0.2) is 39.0 Å². The molecular formula is C21H25N3O. The summed E-state index contributed by atoms with van der Waals surface area (Å²) >= 11 is 0. The molecule has 0 aliphatic heterocycles. The molecule has 3 rings (SSSR count). The molecule has 4 heteroatoms. The van der Waals surface area contributed by atoms with Crippen molar-refractivity contribution in [1.82, 2.24) is 4.98 Å². The number of aryl methyl sites for hydroxylation is 1. The average Bonchev–Trinajstić information content (AvgIpc) is 2.56. The van der Waals surface area contributed by atoms with Gasteiger partial charge in [-0.15, -0.1) is 0 Å². The fraction of sp³-hybridized carbons (Fsp3) is 0.333. The third-order valence-electron chi connectivity index (χ3n) is 4.57. The van der Waals surface area contributed by atoms with Gasteiger partial charge in [0.25, 0.3) is 0 Å². The summed E-state index contributed by atoms with van der Waals surface area (Å²) in [5.41, 5.74) is 5.39. The summed E-state index contributed by atoms with van der Waals surface area (Å²) in [6.45, 7) is 1.65. The second kappa shape index (κ2) is 6.71. The summed E-state index contributed by atoms with van der Waals surface area (Å²) in [4.78, 5) is 20.7. The summed E-state index contributed by atoms with van der Waals surface area (Å²) in [5, 5.41) is 2.25. The van der Waals surface area contributed by atoms with E-state index in [0.717, 1.165) is 38.7 Å². The first kappa shape index (κ1) is 17.2. The van der Waals surface area contributed by atoms with Crippen molar-refractivity contribution in [2.24, 2.45) is 0 Å². The molecule has 0 atom stereocenters. The van der Waals surface area contributed by atoms with Crippen molar-refractivity contribution >= 4 is 39.0 Å². The maximum absolute atomic E-state index is 11.5. The number of Topliss-reactive ketones (excluding diaryl/α,β-unsaturated/α-hetero) is 1. The van der Waals surface area contributed by atoms with Crippen LogP contribution in [0.2, 0.25) is 0 Å². The van der Waals surface area contributed by atoms with Crippen molar-refractivity contribution in [3.05, 3.63) is 42.0 Å². The minimum atomic E-state index is 0.206. The van der Waals surface area contributed by atoms with Crippen molar-refractivity contribution in [3.63, 3.8) is 0 Å². The molecular weight excluding hydrogens is 310 g/mol. The first-order chi connectivity index (χ1) is 11.9. The molecule has 130 valence electrons. The Kier molecular flexibility index (Phi) is 4.62. The SMILES string of the molecule is CC(=O)CCc1c(N(C)C)ccc2cc3ccc(N(C)C)cc3nc12. The van der Waals surface area contributed by atoms with E-state index < -0.39 is 0 Å². The number of fused-ring (bicyclic) bond motifs is 2. The molecule has 1 heterocycles. The highest BCUT2D eigenvalue weighted by Crippen LogP contribution is 2.31. The van der Waals surface area contributed by atoms with Crippen LogP contribution in [0.1, 0.15) is 18.9 Å². The van der Waals surface area contributed by atoms with Gasteiger partial charge in [0.2, 0.25) is 0 Å². The molecule has 0 unspecified atom stereocenters. The molecule has 4 nitrogen and oxygen atoms in total. The predicted octanol–water partition coefficient (Wildman–Crippen LogP) is 4.04. The number of anilines is 2. The molecule has 1 aromatic heterocycles. The number of carbonyl (C=O) groups excluding carboxylic acids is 1. The van der Waals surface area contributed by atoms with Crippen LogP contribution in [-0.2, 0) is 11.2 Å². The molecule has 0 amide bonds. The molecule has 0 aliphatic rings. The van der Waals surface area contributed by atoms with E-state index in [1.807, 2.05) is 28.2 Å². The summed E-state index contributed by atoms with van der Waals surface area (Å²) in [7, 11) is 8.13. The van der Waals surface area contributed by atoms with Crippen LogP contribution in [0.3, 0.4) is 0 Å². The van der Waals surface area contributed by atoms with E-state index in [-0.39, 0.29) is 5.78 Å². The average molecular weight is 335 g/mol. The fourth-order valence-electron chi connectivity index (χ4n) is 3.18. The summed E-state index contributed by atoms with van der Waals surface area (Å²) < 4.78 is 0. The van der Waals surface area contributed by atoms with Crippen LogP contribution in [0.15, 0.2) is 36.4 Å². The highest BCUT2D eigenvalue weighted by Gasteiger charge is 2.13. The summed E-state index contributed by atoms with van der Waals surface area (Å²) in [6.07, 6.45) is 1.25. The van der Waals surface area contributed by atoms with E-state index in [1.165, 1.54) is 0 Å². The highest BCUT2D eigenvalue weighted by atomic mass is 16.1. The summed E-state index contributed by atoms with van der Waals surface area (Å²) in [6, 6.07) is 12.8. The van der Waals surface area contributed by atoms with Crippen molar-refractivity contribution in [2.45, 2.75) is 19.8 Å². The zero-order valence-electron chi connectivity index (χ0n) is 15.6. The molecule has 0 fully saturated rings. The topological polar surface area (TPSA) is 36.4 Å². The number of hydrogen-bond acceptors (Lipinski definition) is 4. The Morgan fingerprint density at radius 1 is 0.960 bits per heavy atom. The smallest absolute Gasteiger partial charge is 0.130 e. The minimum absolute atomic E-state index is 0.206. The van der Waals surface area contributed by atoms with Gasteiger partial charge in [-0.25, -0.2) is 4.98 Å². The minimum Gasteiger partial charge on any atom is -0.378 e. The zero-order chi connectivity index (χ0) is 18.1. The molecule has 25 heavy (non-hydrogen) atoms. The quantitative estimate of drug-likeness (QED) is 0.659. The van der Waals surface area contributed by atoms with Crippen LogP contribution in [0.25, 0.3) is 21.8 Å². The zero-order valence-corrected chi connectivity index (χ0v) is 15.6. The van der Waals surface area contributed by atoms with Crippen LogP contribution < -0.4 is 9.80 Å². The molecule has 0 N–H and O–H groups in total. The maximum atomic E-state index is 11.5. The van der Waals surface area contributed by atoms with Gasteiger partial charge in [-0.05, 0) is 37.6 Å². The van der Waals surface area contributed by atoms with Gasteiger partial charge < -0.3 is 14.6 Å². The first-order valence-electron chi connectivity index (χ1n) is 8.57. The van der Waals surface area contributed by atoms with Crippen molar-refractivity contribution < 1.29 is 4.79 Å². The normalized spacial score (nSPS) is 11.1. The van der Waals surface area contributed by atoms with Gasteiger partial charge in [0, 0.05) is 62.3 Å². The number of aromatic nitrogens is 1. The lowest BCUT2D eigenvalue weighted by Gasteiger charge is -2.19. The van der Waals surface area contributed by atoms with E-state index in [1.54, 1.807) is 6.92 Å². The lowest BCUT2D eigenvalue weighted by atomic mass is 10.00. The molecule has 0 saturated carbocycles. The van der Waals surface area contributed by atoms with Crippen LogP contribution >= 0.6 is 0 Å². The summed E-state index contributed by atoms with van der Waals surface area (Å²) in [5.74, 6) is 0.206. The molecule has 0 saturated heterocycles. The van der Waals surface area contributed by atoms with E-state index >= 15 is 0 Å². The molecule has 0 bridgehead atoms. The number of nitrogens with zero attached hydrogens (tertiary/aromatic N) is 3. The predicted molar refractivity (Wildman–Crippen MR) is 107 cm³/mol. The van der Waals surface area contributed by atoms with Gasteiger partial charge in [0.05, 0.1) is 11.0 Å². The van der Waals surface area contributed by atoms with Crippen molar-refractivity contribution in [3.8, 4) is 0 Å². The Morgan fingerprint density at radius 2 is 1.68 bits per heavy atom. The standard InChI is InChI=1S/C21H25N3O/c1-14(25)6-10-18-20(24(4)5)11-8-16-12-15-7-9-17(23(2)3)13-19(15)22-21(16)18/h7-9,11-13H,6,10H2,1-5H3. The molecule has 0 radical (unpaired) electrons. The highest BCUT2D eigenvalue weighted by molar-refractivity contribution is 5.97. The van der Waals surface area contributed by atoms with Crippen LogP contribution in [0.4, 0.5) is 11.4 Å². The van der Waals surface area contributed by atoms with E-state index in [9.17, 15) is 4.79 Å². The van der Waals surface area contributed by atoms with Gasteiger partial charge in [-0.1, -0.05) is 12.1 Å². The fourth-order valence-corrected chi connectivity index (χ4v) is 3.18. The van der Waals surface area contributed by atoms with Gasteiger partial charge >= 0.3 is 0 Å². The third-order valence-corrected chi connectivity index (χ3v) is 4.57. The second-order valence-corrected chi connectivity index (χ2v) is 6.99. The Hall–Kier alpha value is -2.62. The molecule has 3 aromatic rings. The Labute approximate surface area is 149 Å². The Balaban J connectivity index is 2.25. The number of benzene rings is 2. The van der Waals surface area contributed by atoms with E-state index in [0.29, 0.717) is 12.8 Å². The number of rotatable bonds is 5. The van der Waals surface area contributed by atoms with Crippen LogP contribution in [0.5, 0.6) is 0 Å². The Morgan fingerprint density at radius 3 is 2.32 bits per heavy atom. The van der Waals surface area contributed by atoms with Crippen molar-refractivity contribution in [1.29, 1.82) is 0 Å². The van der Waals surface area contributed by atoms with E-state index in [2.05, 4.69) is 46.2 Å². The number of carbonyl (C=O) groups is 1. The van der Waals surface area contributed by atoms with Gasteiger partial charge in [0.1, 0.15) is 5.78 Å². The van der Waals surface area contributed by atoms with Crippen molar-refractivity contribution in [2.75, 3.05) is 38.0 Å². The van der Waals surface area contributed by atoms with Crippen LogP contribution in [0, 0.1) is 0 Å². The molecule has 0 spiro atoms. The largest absolute Gasteiger partial charge is 0.378 e. The van der Waals surface area contributed by atoms with Gasteiger partial charge in [-0.2, -0.15) is 0 Å². The first-order valence-corrected chi connectivity index (χ1v) is 8.57. The van der Waals surface area contributed by atoms with Gasteiger partial charge in [-0.3, -0.25) is 0 Å². The second-order valence-electron chi connectivity index (χ2n) is 6.99. The maximum Gasteiger partial charge on any atom is 0.130 e. The number of ketones is 1. The molecule has 2 aromatic carbocycles.